The van der Waals surface area contributed by atoms with Crippen molar-refractivity contribution in [1.82, 2.24) is 10.3 Å². The number of rotatable bonds is 8. The monoisotopic (exact) mass is 288 g/mol. The van der Waals surface area contributed by atoms with Gasteiger partial charge in [-0.1, -0.05) is 18.5 Å². The molecular formula is C12H17ClN2O2S. The summed E-state index contributed by atoms with van der Waals surface area (Å²) in [5, 5.41) is 13.5. The van der Waals surface area contributed by atoms with Crippen LogP contribution in [0.5, 0.6) is 0 Å². The van der Waals surface area contributed by atoms with Gasteiger partial charge in [-0.05, 0) is 31.5 Å². The Hall–Kier alpha value is -0.780. The van der Waals surface area contributed by atoms with Gasteiger partial charge in [-0.25, -0.2) is 4.98 Å². The van der Waals surface area contributed by atoms with Crippen LogP contribution in [0.25, 0.3) is 0 Å². The van der Waals surface area contributed by atoms with E-state index in [9.17, 15) is 4.79 Å². The summed E-state index contributed by atoms with van der Waals surface area (Å²) in [4.78, 5) is 15.1. The average molecular weight is 289 g/mol. The molecule has 0 radical (unpaired) electrons. The Balaban J connectivity index is 2.34. The maximum absolute atomic E-state index is 11.0. The van der Waals surface area contributed by atoms with Gasteiger partial charge in [0, 0.05) is 11.9 Å². The number of thioether (sulfide) groups is 1. The highest BCUT2D eigenvalue weighted by Crippen LogP contribution is 2.18. The van der Waals surface area contributed by atoms with Crippen molar-refractivity contribution in [3.05, 3.63) is 23.4 Å². The molecule has 0 amide bonds. The second kappa shape index (κ2) is 8.34. The second-order valence-corrected chi connectivity index (χ2v) is 5.35. The van der Waals surface area contributed by atoms with E-state index < -0.39 is 12.0 Å². The number of carboxylic acids is 1. The standard InChI is InChI=1S/C12H17ClN2O2S/c1-2-6-14-10(12(16)17)5-7-18-11-4-3-9(13)8-15-11/h3-4,8,10,14H,2,5-7H2,1H3,(H,16,17). The van der Waals surface area contributed by atoms with Crippen LogP contribution in [-0.4, -0.2) is 34.4 Å². The van der Waals surface area contributed by atoms with Crippen LogP contribution in [0.4, 0.5) is 0 Å². The lowest BCUT2D eigenvalue weighted by Crippen LogP contribution is -2.37. The molecule has 0 fully saturated rings. The Labute approximate surface area is 116 Å². The molecule has 0 bridgehead atoms. The number of nitrogens with one attached hydrogen (secondary N) is 1. The van der Waals surface area contributed by atoms with Crippen LogP contribution in [0.2, 0.25) is 5.02 Å². The van der Waals surface area contributed by atoms with Gasteiger partial charge in [-0.15, -0.1) is 11.8 Å². The van der Waals surface area contributed by atoms with Crippen LogP contribution in [0.1, 0.15) is 19.8 Å². The fourth-order valence-electron chi connectivity index (χ4n) is 1.36. The molecule has 1 aromatic heterocycles. The van der Waals surface area contributed by atoms with Crippen LogP contribution < -0.4 is 5.32 Å². The van der Waals surface area contributed by atoms with Gasteiger partial charge < -0.3 is 10.4 Å². The Kier molecular flexibility index (Phi) is 7.08. The number of pyridine rings is 1. The Bertz CT molecular complexity index is 373. The van der Waals surface area contributed by atoms with Crippen molar-refractivity contribution < 1.29 is 9.90 Å². The smallest absolute Gasteiger partial charge is 0.320 e. The van der Waals surface area contributed by atoms with E-state index in [1.54, 1.807) is 12.3 Å². The van der Waals surface area contributed by atoms with Gasteiger partial charge in [0.1, 0.15) is 6.04 Å². The summed E-state index contributed by atoms with van der Waals surface area (Å²) in [5.41, 5.74) is 0. The summed E-state index contributed by atoms with van der Waals surface area (Å²) in [6, 6.07) is 3.13. The first-order valence-corrected chi connectivity index (χ1v) is 7.20. The predicted octanol–water partition coefficient (Wildman–Crippen LogP) is 2.67. The van der Waals surface area contributed by atoms with Crippen molar-refractivity contribution in [2.75, 3.05) is 12.3 Å². The number of nitrogens with zero attached hydrogens (tertiary/aromatic N) is 1. The number of aromatic nitrogens is 1. The van der Waals surface area contributed by atoms with Crippen molar-refractivity contribution in [3.63, 3.8) is 0 Å². The maximum Gasteiger partial charge on any atom is 0.320 e. The molecule has 0 spiro atoms. The zero-order valence-corrected chi connectivity index (χ0v) is 11.8. The third kappa shape index (κ3) is 5.71. The predicted molar refractivity (Wildman–Crippen MR) is 74.3 cm³/mol. The summed E-state index contributed by atoms with van der Waals surface area (Å²) < 4.78 is 0. The number of hydrogen-bond donors (Lipinski definition) is 2. The van der Waals surface area contributed by atoms with Gasteiger partial charge >= 0.3 is 5.97 Å². The van der Waals surface area contributed by atoms with Crippen molar-refractivity contribution >= 4 is 29.3 Å². The van der Waals surface area contributed by atoms with Crippen LogP contribution >= 0.6 is 23.4 Å². The molecule has 1 atom stereocenters. The molecule has 100 valence electrons. The normalized spacial score (nSPS) is 12.3. The molecule has 2 N–H and O–H groups in total. The summed E-state index contributed by atoms with van der Waals surface area (Å²) in [6.07, 6.45) is 3.09. The maximum atomic E-state index is 11.0. The molecule has 6 heteroatoms. The molecular weight excluding hydrogens is 272 g/mol. The lowest BCUT2D eigenvalue weighted by atomic mass is 10.2. The molecule has 0 saturated carbocycles. The Morgan fingerprint density at radius 1 is 1.61 bits per heavy atom. The van der Waals surface area contributed by atoms with E-state index >= 15 is 0 Å². The summed E-state index contributed by atoms with van der Waals surface area (Å²) in [6.45, 7) is 2.74. The molecule has 4 nitrogen and oxygen atoms in total. The van der Waals surface area contributed by atoms with Crippen molar-refractivity contribution in [2.24, 2.45) is 0 Å². The lowest BCUT2D eigenvalue weighted by molar-refractivity contribution is -0.139. The minimum atomic E-state index is -0.798. The fraction of sp³-hybridized carbons (Fsp3) is 0.500. The fourth-order valence-corrected chi connectivity index (χ4v) is 2.33. The molecule has 1 rings (SSSR count). The van der Waals surface area contributed by atoms with Gasteiger partial charge in [-0.3, -0.25) is 4.79 Å². The average Bonchev–Trinajstić information content (AvgIpc) is 2.35. The summed E-state index contributed by atoms with van der Waals surface area (Å²) >= 11 is 7.27. The summed E-state index contributed by atoms with van der Waals surface area (Å²) in [7, 11) is 0. The van der Waals surface area contributed by atoms with Crippen molar-refractivity contribution in [2.45, 2.75) is 30.8 Å². The van der Waals surface area contributed by atoms with E-state index in [0.29, 0.717) is 17.2 Å². The largest absolute Gasteiger partial charge is 0.480 e. The first-order chi connectivity index (χ1) is 8.63. The summed E-state index contributed by atoms with van der Waals surface area (Å²) in [5.74, 6) is -0.0874. The first kappa shape index (κ1) is 15.3. The van der Waals surface area contributed by atoms with Crippen LogP contribution in [0.3, 0.4) is 0 Å². The third-order valence-electron chi connectivity index (χ3n) is 2.30. The Morgan fingerprint density at radius 3 is 2.94 bits per heavy atom. The molecule has 1 heterocycles. The molecule has 0 aliphatic carbocycles. The van der Waals surface area contributed by atoms with Gasteiger partial charge in [0.2, 0.25) is 0 Å². The first-order valence-electron chi connectivity index (χ1n) is 5.84. The van der Waals surface area contributed by atoms with Crippen LogP contribution in [0.15, 0.2) is 23.4 Å². The van der Waals surface area contributed by atoms with Gasteiger partial charge in [-0.2, -0.15) is 0 Å². The molecule has 0 aliphatic rings. The van der Waals surface area contributed by atoms with E-state index in [1.807, 2.05) is 13.0 Å². The second-order valence-electron chi connectivity index (χ2n) is 3.80. The molecule has 0 saturated heterocycles. The lowest BCUT2D eigenvalue weighted by Gasteiger charge is -2.13. The van der Waals surface area contributed by atoms with Gasteiger partial charge in [0.15, 0.2) is 0 Å². The third-order valence-corrected chi connectivity index (χ3v) is 3.50. The van der Waals surface area contributed by atoms with Gasteiger partial charge in [0.05, 0.1) is 10.0 Å². The van der Waals surface area contributed by atoms with E-state index in [0.717, 1.165) is 18.0 Å². The highest BCUT2D eigenvalue weighted by molar-refractivity contribution is 7.99. The molecule has 18 heavy (non-hydrogen) atoms. The zero-order chi connectivity index (χ0) is 13.4. The SMILES string of the molecule is CCCNC(CCSc1ccc(Cl)cn1)C(=O)O. The number of carbonyl (C=O) groups is 1. The molecule has 1 unspecified atom stereocenters. The van der Waals surface area contributed by atoms with E-state index in [2.05, 4.69) is 10.3 Å². The van der Waals surface area contributed by atoms with Crippen LogP contribution in [-0.2, 0) is 4.79 Å². The van der Waals surface area contributed by atoms with E-state index in [4.69, 9.17) is 16.7 Å². The highest BCUT2D eigenvalue weighted by atomic mass is 35.5. The molecule has 0 aliphatic heterocycles. The van der Waals surface area contributed by atoms with Gasteiger partial charge in [0.25, 0.3) is 0 Å². The number of aliphatic carboxylic acids is 1. The van der Waals surface area contributed by atoms with Crippen molar-refractivity contribution in [1.29, 1.82) is 0 Å². The van der Waals surface area contributed by atoms with Crippen molar-refractivity contribution in [3.8, 4) is 0 Å². The number of carboxylic acid groups (broad SMARTS) is 1. The minimum Gasteiger partial charge on any atom is -0.480 e. The van der Waals surface area contributed by atoms with Crippen LogP contribution in [0, 0.1) is 0 Å². The Morgan fingerprint density at radius 2 is 2.39 bits per heavy atom. The topological polar surface area (TPSA) is 62.2 Å². The van der Waals surface area contributed by atoms with E-state index in [-0.39, 0.29) is 0 Å². The number of halogens is 1. The minimum absolute atomic E-state index is 0.482. The van der Waals surface area contributed by atoms with E-state index in [1.165, 1.54) is 11.8 Å². The zero-order valence-electron chi connectivity index (χ0n) is 10.2. The quantitative estimate of drug-likeness (QED) is 0.720. The highest BCUT2D eigenvalue weighted by Gasteiger charge is 2.15. The molecule has 0 aromatic carbocycles. The molecule has 1 aromatic rings. The number of hydrogen-bond acceptors (Lipinski definition) is 4.